The van der Waals surface area contributed by atoms with Gasteiger partial charge in [-0.3, -0.25) is 4.99 Å². The summed E-state index contributed by atoms with van der Waals surface area (Å²) in [6, 6.07) is 4.07. The molecule has 2 N–H and O–H groups in total. The zero-order valence-corrected chi connectivity index (χ0v) is 15.0. The van der Waals surface area contributed by atoms with Crippen molar-refractivity contribution in [1.82, 2.24) is 15.0 Å². The van der Waals surface area contributed by atoms with Crippen LogP contribution in [0, 0.1) is 0 Å². The molecule has 2 aliphatic rings. The van der Waals surface area contributed by atoms with Crippen LogP contribution in [0.4, 0.5) is 11.5 Å². The van der Waals surface area contributed by atoms with Crippen molar-refractivity contribution in [2.45, 2.75) is 45.6 Å². The van der Waals surface area contributed by atoms with E-state index in [1.165, 1.54) is 24.1 Å². The van der Waals surface area contributed by atoms with Gasteiger partial charge in [-0.25, -0.2) is 9.97 Å². The molecular formula is C20H21N5O. The van der Waals surface area contributed by atoms with Crippen molar-refractivity contribution in [3.05, 3.63) is 40.3 Å². The molecule has 1 aromatic carbocycles. The largest absolute Gasteiger partial charge is 0.489 e. The number of anilines is 2. The Morgan fingerprint density at radius 2 is 2.04 bits per heavy atom. The molecule has 132 valence electrons. The molecule has 0 fully saturated rings. The Morgan fingerprint density at radius 3 is 2.85 bits per heavy atom. The number of fused-ring (bicyclic) bond motifs is 4. The maximum absolute atomic E-state index is 6.01. The van der Waals surface area contributed by atoms with Gasteiger partial charge in [0.15, 0.2) is 0 Å². The summed E-state index contributed by atoms with van der Waals surface area (Å²) in [6.45, 7) is 4.05. The summed E-state index contributed by atoms with van der Waals surface area (Å²) < 4.78 is 6.01. The van der Waals surface area contributed by atoms with Crippen molar-refractivity contribution < 1.29 is 4.74 Å². The number of aromatic nitrogens is 3. The molecule has 3 aromatic rings. The summed E-state index contributed by atoms with van der Waals surface area (Å²) in [5.41, 5.74) is 4.48. The zero-order chi connectivity index (χ0) is 17.7. The van der Waals surface area contributed by atoms with E-state index < -0.39 is 0 Å². The third-order valence-electron chi connectivity index (χ3n) is 4.97. The summed E-state index contributed by atoms with van der Waals surface area (Å²) in [4.78, 5) is 16.7. The van der Waals surface area contributed by atoms with E-state index in [2.05, 4.69) is 31.3 Å². The number of rotatable bonds is 4. The highest BCUT2D eigenvalue weighted by Gasteiger charge is 2.20. The Morgan fingerprint density at radius 1 is 1.15 bits per heavy atom. The van der Waals surface area contributed by atoms with Gasteiger partial charge in [0.05, 0.1) is 22.5 Å². The number of hydrogen-bond donors (Lipinski definition) is 2. The van der Waals surface area contributed by atoms with Crippen LogP contribution < -0.4 is 20.6 Å². The lowest BCUT2D eigenvalue weighted by molar-refractivity contribution is 0.243. The highest BCUT2D eigenvalue weighted by atomic mass is 16.5. The fraction of sp³-hybridized carbons (Fsp3) is 0.350. The predicted molar refractivity (Wildman–Crippen MR) is 101 cm³/mol. The number of aryl methyl sites for hydroxylation is 2. The molecule has 0 unspecified atom stereocenters. The Labute approximate surface area is 151 Å². The van der Waals surface area contributed by atoms with Gasteiger partial charge < -0.3 is 15.0 Å². The van der Waals surface area contributed by atoms with Crippen molar-refractivity contribution in [2.24, 2.45) is 4.99 Å². The molecule has 0 saturated carbocycles. The Bertz CT molecular complexity index is 1130. The SMILES string of the molecule is CC(C)Oc1cc2c(cc1Nc1ncnc3[nH]c4c(c13)CCCC4)=CN=2. The quantitative estimate of drug-likeness (QED) is 0.761. The molecule has 26 heavy (non-hydrogen) atoms. The number of aromatic amines is 1. The molecule has 0 spiro atoms. The summed E-state index contributed by atoms with van der Waals surface area (Å²) >= 11 is 0. The van der Waals surface area contributed by atoms with E-state index in [-0.39, 0.29) is 6.10 Å². The second-order valence-electron chi connectivity index (χ2n) is 7.19. The molecule has 0 bridgehead atoms. The highest BCUT2D eigenvalue weighted by molar-refractivity contribution is 5.93. The first-order valence-electron chi connectivity index (χ1n) is 9.19. The third-order valence-corrected chi connectivity index (χ3v) is 4.97. The number of hydrogen-bond acceptors (Lipinski definition) is 5. The second kappa shape index (κ2) is 5.83. The third kappa shape index (κ3) is 2.44. The summed E-state index contributed by atoms with van der Waals surface area (Å²) in [6.07, 6.45) is 8.16. The van der Waals surface area contributed by atoms with Crippen LogP contribution >= 0.6 is 0 Å². The molecule has 0 atom stereocenters. The number of nitrogens with zero attached hydrogens (tertiary/aromatic N) is 3. The fourth-order valence-corrected chi connectivity index (χ4v) is 3.77. The molecule has 6 heteroatoms. The maximum Gasteiger partial charge on any atom is 0.145 e. The van der Waals surface area contributed by atoms with Gasteiger partial charge in [0, 0.05) is 23.2 Å². The van der Waals surface area contributed by atoms with E-state index in [1.54, 1.807) is 6.33 Å². The lowest BCUT2D eigenvalue weighted by Gasteiger charge is -2.17. The molecule has 0 saturated heterocycles. The lowest BCUT2D eigenvalue weighted by Crippen LogP contribution is -2.31. The lowest BCUT2D eigenvalue weighted by atomic mass is 9.96. The average Bonchev–Trinajstić information content (AvgIpc) is 2.99. The minimum Gasteiger partial charge on any atom is -0.489 e. The number of nitrogens with one attached hydrogen (secondary N) is 2. The average molecular weight is 347 g/mol. The predicted octanol–water partition coefficient (Wildman–Crippen LogP) is 2.74. The van der Waals surface area contributed by atoms with E-state index in [0.717, 1.165) is 51.7 Å². The molecule has 6 nitrogen and oxygen atoms in total. The molecule has 0 amide bonds. The first-order chi connectivity index (χ1) is 12.7. The van der Waals surface area contributed by atoms with Gasteiger partial charge in [0.2, 0.25) is 0 Å². The summed E-state index contributed by atoms with van der Waals surface area (Å²) in [5.74, 6) is 1.63. The van der Waals surface area contributed by atoms with E-state index in [4.69, 9.17) is 4.74 Å². The monoisotopic (exact) mass is 347 g/mol. The van der Waals surface area contributed by atoms with E-state index in [1.807, 2.05) is 26.1 Å². The summed E-state index contributed by atoms with van der Waals surface area (Å²) in [7, 11) is 0. The van der Waals surface area contributed by atoms with E-state index in [9.17, 15) is 0 Å². The van der Waals surface area contributed by atoms with Crippen LogP contribution in [0.1, 0.15) is 37.9 Å². The van der Waals surface area contributed by atoms with Crippen molar-refractivity contribution in [3.8, 4) is 5.75 Å². The number of H-pyrrole nitrogens is 1. The van der Waals surface area contributed by atoms with Gasteiger partial charge in [-0.1, -0.05) is 0 Å². The molecule has 0 radical (unpaired) electrons. The topological polar surface area (TPSA) is 75.2 Å². The number of ether oxygens (including phenoxy) is 1. The number of benzene rings is 1. The van der Waals surface area contributed by atoms with Gasteiger partial charge >= 0.3 is 0 Å². The van der Waals surface area contributed by atoms with Crippen LogP contribution in [0.5, 0.6) is 5.75 Å². The van der Waals surface area contributed by atoms with Crippen LogP contribution in [0.2, 0.25) is 0 Å². The second-order valence-corrected chi connectivity index (χ2v) is 7.19. The van der Waals surface area contributed by atoms with Crippen LogP contribution in [0.15, 0.2) is 23.5 Å². The van der Waals surface area contributed by atoms with Crippen molar-refractivity contribution in [1.29, 1.82) is 0 Å². The molecular weight excluding hydrogens is 326 g/mol. The van der Waals surface area contributed by atoms with Gasteiger partial charge in [0.1, 0.15) is 23.5 Å². The molecule has 3 heterocycles. The summed E-state index contributed by atoms with van der Waals surface area (Å²) in [5, 5.41) is 6.69. The van der Waals surface area contributed by atoms with Gasteiger partial charge in [-0.15, -0.1) is 0 Å². The molecule has 1 aliphatic heterocycles. The molecule has 2 aromatic heterocycles. The highest BCUT2D eigenvalue weighted by Crippen LogP contribution is 2.34. The van der Waals surface area contributed by atoms with Crippen molar-refractivity contribution in [2.75, 3.05) is 5.32 Å². The molecule has 1 aliphatic carbocycles. The van der Waals surface area contributed by atoms with E-state index in [0.29, 0.717) is 0 Å². The minimum absolute atomic E-state index is 0.0862. The van der Waals surface area contributed by atoms with Crippen LogP contribution in [0.3, 0.4) is 0 Å². The first kappa shape index (κ1) is 15.4. The first-order valence-corrected chi connectivity index (χ1v) is 9.19. The smallest absolute Gasteiger partial charge is 0.145 e. The minimum atomic E-state index is 0.0862. The Balaban J connectivity index is 1.62. The van der Waals surface area contributed by atoms with Gasteiger partial charge in [-0.05, 0) is 51.2 Å². The molecule has 5 rings (SSSR count). The van der Waals surface area contributed by atoms with Crippen molar-refractivity contribution >= 4 is 28.7 Å². The standard InChI is InChI=1S/C20H21N5O/c1-11(2)26-17-8-15-12(9-21-15)7-16(17)25-20-18-13-5-3-4-6-14(13)24-19(18)22-10-23-20/h7-11H,3-6H2,1-2H3,(H2,22,23,24,25). The normalized spacial score (nSPS) is 14.9. The maximum atomic E-state index is 6.01. The van der Waals surface area contributed by atoms with Gasteiger partial charge in [0.25, 0.3) is 0 Å². The van der Waals surface area contributed by atoms with Crippen LogP contribution in [0.25, 0.3) is 17.2 Å². The van der Waals surface area contributed by atoms with Crippen LogP contribution in [-0.4, -0.2) is 21.1 Å². The Hall–Kier alpha value is -2.89. The fourth-order valence-electron chi connectivity index (χ4n) is 3.77. The van der Waals surface area contributed by atoms with Gasteiger partial charge in [-0.2, -0.15) is 0 Å². The van der Waals surface area contributed by atoms with Crippen molar-refractivity contribution in [3.63, 3.8) is 0 Å². The van der Waals surface area contributed by atoms with Crippen LogP contribution in [-0.2, 0) is 12.8 Å². The van der Waals surface area contributed by atoms with E-state index >= 15 is 0 Å². The zero-order valence-electron chi connectivity index (χ0n) is 15.0. The Kier molecular flexibility index (Phi) is 3.45.